The quantitative estimate of drug-likeness (QED) is 0.217. The van der Waals surface area contributed by atoms with E-state index in [-0.39, 0.29) is 24.0 Å². The average Bonchev–Trinajstić information content (AvgIpc) is 3.34. The van der Waals surface area contributed by atoms with Gasteiger partial charge in [0.05, 0.1) is 34.0 Å². The first-order valence-corrected chi connectivity index (χ1v) is 13.5. The minimum Gasteiger partial charge on any atom is -0.383 e. The summed E-state index contributed by atoms with van der Waals surface area (Å²) in [5.74, 6) is -0.458. The Morgan fingerprint density at radius 3 is 2.44 bits per heavy atom. The van der Waals surface area contributed by atoms with E-state index in [2.05, 4.69) is 52.8 Å². The number of hydrogen-bond donors (Lipinski definition) is 2. The summed E-state index contributed by atoms with van der Waals surface area (Å²) in [6, 6.07) is 10.4. The van der Waals surface area contributed by atoms with Crippen molar-refractivity contribution in [2.45, 2.75) is 57.8 Å². The molecule has 5 rings (SSSR count). The van der Waals surface area contributed by atoms with Crippen LogP contribution in [0.1, 0.15) is 62.9 Å². The lowest BCUT2D eigenvalue weighted by atomic mass is 9.76. The number of fused-ring (bicyclic) bond motifs is 1. The summed E-state index contributed by atoms with van der Waals surface area (Å²) < 4.78 is 56.7. The van der Waals surface area contributed by atoms with Crippen LogP contribution in [-0.4, -0.2) is 32.7 Å². The maximum Gasteiger partial charge on any atom is 0.413 e. The van der Waals surface area contributed by atoms with Crippen LogP contribution in [0.25, 0.3) is 10.9 Å². The second kappa shape index (κ2) is 10.5. The maximum absolute atomic E-state index is 14.0. The molecule has 2 aromatic carbocycles. The third-order valence-corrected chi connectivity index (χ3v) is 7.60. The number of halogens is 5. The molecule has 0 amide bonds. The monoisotopic (exact) mass is 585 g/mol. The zero-order valence-corrected chi connectivity index (χ0v) is 23.4. The van der Waals surface area contributed by atoms with Crippen molar-refractivity contribution in [3.63, 3.8) is 0 Å². The predicted molar refractivity (Wildman–Crippen MR) is 149 cm³/mol. The highest BCUT2D eigenvalue weighted by Gasteiger charge is 2.60. The fourth-order valence-electron chi connectivity index (χ4n) is 4.89. The molecule has 1 atom stereocenters. The molecule has 7 nitrogen and oxygen atoms in total. The first-order chi connectivity index (χ1) is 19.3. The van der Waals surface area contributed by atoms with E-state index in [9.17, 15) is 22.8 Å². The van der Waals surface area contributed by atoms with Gasteiger partial charge < -0.3 is 10.6 Å². The number of nitrogens with one attached hydrogen (secondary N) is 2. The predicted octanol–water partition coefficient (Wildman–Crippen LogP) is 7.59. The Kier molecular flexibility index (Phi) is 7.32. The summed E-state index contributed by atoms with van der Waals surface area (Å²) >= 11 is 6.64. The number of nitrogens with zero attached hydrogens (tertiary/aromatic N) is 5. The molecular formula is C29H28ClF4N7. The van der Waals surface area contributed by atoms with E-state index in [4.69, 9.17) is 11.6 Å². The van der Waals surface area contributed by atoms with Crippen molar-refractivity contribution in [3.05, 3.63) is 76.5 Å². The van der Waals surface area contributed by atoms with Gasteiger partial charge in [0.2, 0.25) is 0 Å². The Bertz CT molecular complexity index is 1610. The van der Waals surface area contributed by atoms with Crippen molar-refractivity contribution in [2.75, 3.05) is 17.2 Å². The zero-order chi connectivity index (χ0) is 29.6. The second-order valence-corrected chi connectivity index (χ2v) is 11.9. The maximum atomic E-state index is 14.0. The molecule has 12 heteroatoms. The first kappa shape index (κ1) is 28.6. The van der Waals surface area contributed by atoms with Gasteiger partial charge in [-0.2, -0.15) is 18.4 Å². The molecule has 2 aromatic heterocycles. The van der Waals surface area contributed by atoms with E-state index < -0.39 is 23.6 Å². The molecule has 0 spiro atoms. The summed E-state index contributed by atoms with van der Waals surface area (Å²) in [5.41, 5.74) is 0.480. The number of pyridine rings is 1. The number of anilines is 2. The Balaban J connectivity index is 1.59. The van der Waals surface area contributed by atoms with E-state index in [0.717, 1.165) is 4.68 Å². The molecular weight excluding hydrogens is 558 g/mol. The molecule has 2 N–H and O–H groups in total. The van der Waals surface area contributed by atoms with Crippen LogP contribution in [0.5, 0.6) is 0 Å². The molecule has 2 heterocycles. The normalized spacial score (nSPS) is 15.7. The Hall–Kier alpha value is -3.91. The van der Waals surface area contributed by atoms with Crippen LogP contribution in [0.3, 0.4) is 0 Å². The van der Waals surface area contributed by atoms with Crippen LogP contribution < -0.4 is 10.6 Å². The van der Waals surface area contributed by atoms with Crippen molar-refractivity contribution in [1.82, 2.24) is 20.0 Å². The van der Waals surface area contributed by atoms with Gasteiger partial charge in [0.15, 0.2) is 5.54 Å². The minimum atomic E-state index is -4.48. The smallest absolute Gasteiger partial charge is 0.383 e. The van der Waals surface area contributed by atoms with Crippen LogP contribution >= 0.6 is 11.6 Å². The molecule has 1 unspecified atom stereocenters. The third-order valence-electron chi connectivity index (χ3n) is 7.31. The summed E-state index contributed by atoms with van der Waals surface area (Å²) in [4.78, 5) is 4.38. The zero-order valence-electron chi connectivity index (χ0n) is 22.7. The van der Waals surface area contributed by atoms with Crippen LogP contribution in [-0.2, 0) is 5.54 Å². The molecule has 41 heavy (non-hydrogen) atoms. The van der Waals surface area contributed by atoms with Gasteiger partial charge in [-0.15, -0.1) is 5.10 Å². The fourth-order valence-corrected chi connectivity index (χ4v) is 5.16. The highest BCUT2D eigenvalue weighted by atomic mass is 35.5. The summed E-state index contributed by atoms with van der Waals surface area (Å²) in [5, 5.41) is 25.3. The van der Waals surface area contributed by atoms with E-state index in [0.29, 0.717) is 51.4 Å². The highest BCUT2D eigenvalue weighted by Crippen LogP contribution is 2.51. The summed E-state index contributed by atoms with van der Waals surface area (Å²) in [6.45, 7) is 6.74. The van der Waals surface area contributed by atoms with Crippen molar-refractivity contribution in [1.29, 1.82) is 5.26 Å². The molecule has 1 saturated carbocycles. The van der Waals surface area contributed by atoms with E-state index >= 15 is 0 Å². The van der Waals surface area contributed by atoms with Gasteiger partial charge in [0.1, 0.15) is 17.6 Å². The van der Waals surface area contributed by atoms with Gasteiger partial charge in [-0.1, -0.05) is 49.7 Å². The molecule has 0 aliphatic heterocycles. The molecule has 1 fully saturated rings. The largest absolute Gasteiger partial charge is 0.413 e. The topological polar surface area (TPSA) is 91.5 Å². The molecule has 214 valence electrons. The summed E-state index contributed by atoms with van der Waals surface area (Å²) in [6.07, 6.45) is -1.44. The molecule has 0 radical (unpaired) electrons. The van der Waals surface area contributed by atoms with Gasteiger partial charge in [-0.05, 0) is 54.5 Å². The number of benzene rings is 2. The Morgan fingerprint density at radius 1 is 1.15 bits per heavy atom. The lowest BCUT2D eigenvalue weighted by Gasteiger charge is -2.42. The lowest BCUT2D eigenvalue weighted by Crippen LogP contribution is -2.53. The first-order valence-electron chi connectivity index (χ1n) is 13.1. The molecule has 0 bridgehead atoms. The minimum absolute atomic E-state index is 0.0766. The molecule has 1 aliphatic rings. The van der Waals surface area contributed by atoms with Crippen molar-refractivity contribution in [2.24, 2.45) is 5.41 Å². The SMILES string of the molecule is CC(C)(C)CNc1c(C#N)cnc2c(Cl)cc(NC(c3ccc(F)cc3)c3cn(C4(C(F)(F)F)CCC4)nn3)cc12. The van der Waals surface area contributed by atoms with Gasteiger partial charge in [0.25, 0.3) is 0 Å². The fraction of sp³-hybridized carbons (Fsp3) is 0.379. The van der Waals surface area contributed by atoms with Crippen LogP contribution in [0.15, 0.2) is 48.8 Å². The van der Waals surface area contributed by atoms with E-state index in [1.54, 1.807) is 12.1 Å². The number of alkyl halides is 3. The summed E-state index contributed by atoms with van der Waals surface area (Å²) in [7, 11) is 0. The van der Waals surface area contributed by atoms with Gasteiger partial charge in [0, 0.05) is 23.8 Å². The van der Waals surface area contributed by atoms with Crippen molar-refractivity contribution < 1.29 is 17.6 Å². The molecule has 1 aliphatic carbocycles. The molecule has 0 saturated heterocycles. The highest BCUT2D eigenvalue weighted by molar-refractivity contribution is 6.35. The van der Waals surface area contributed by atoms with Crippen LogP contribution in [0.4, 0.5) is 28.9 Å². The number of rotatable bonds is 7. The van der Waals surface area contributed by atoms with Gasteiger partial charge >= 0.3 is 6.18 Å². The average molecular weight is 586 g/mol. The van der Waals surface area contributed by atoms with Crippen LogP contribution in [0, 0.1) is 22.6 Å². The van der Waals surface area contributed by atoms with E-state index in [1.807, 2.05) is 0 Å². The lowest BCUT2D eigenvalue weighted by molar-refractivity contribution is -0.243. The van der Waals surface area contributed by atoms with Gasteiger partial charge in [-0.3, -0.25) is 4.98 Å². The van der Waals surface area contributed by atoms with Crippen LogP contribution in [0.2, 0.25) is 5.02 Å². The number of aromatic nitrogens is 4. The Labute approximate surface area is 239 Å². The van der Waals surface area contributed by atoms with E-state index in [1.165, 1.54) is 36.7 Å². The Morgan fingerprint density at radius 2 is 1.85 bits per heavy atom. The van der Waals surface area contributed by atoms with Crippen molar-refractivity contribution in [3.8, 4) is 6.07 Å². The standard InChI is InChI=1S/C29H28ClF4N7/c1-27(2,3)16-37-24-18(13-35)14-36-26-21(24)11-20(12-22(26)30)38-25(17-5-7-19(31)8-6-17)23-15-41(40-39-23)28(9-4-10-28)29(32,33)34/h5-8,11-12,14-15,25,38H,4,9-10,16H2,1-3H3,(H,36,37). The van der Waals surface area contributed by atoms with Gasteiger partial charge in [-0.25, -0.2) is 9.07 Å². The number of nitriles is 1. The number of hydrogen-bond acceptors (Lipinski definition) is 6. The second-order valence-electron chi connectivity index (χ2n) is 11.5. The molecule has 4 aromatic rings. The van der Waals surface area contributed by atoms with Crippen molar-refractivity contribution >= 4 is 33.9 Å². The third kappa shape index (κ3) is 5.53.